The highest BCUT2D eigenvalue weighted by Crippen LogP contribution is 2.31. The molecule has 0 aromatic heterocycles. The van der Waals surface area contributed by atoms with Gasteiger partial charge < -0.3 is 20.1 Å². The molecule has 0 radical (unpaired) electrons. The summed E-state index contributed by atoms with van der Waals surface area (Å²) in [5.41, 5.74) is 2.03. The van der Waals surface area contributed by atoms with Gasteiger partial charge in [-0.2, -0.15) is 0 Å². The van der Waals surface area contributed by atoms with Gasteiger partial charge >= 0.3 is 0 Å². The number of piperidine rings is 1. The Morgan fingerprint density at radius 2 is 2.24 bits per heavy atom. The molecule has 1 aliphatic rings. The number of anilines is 1. The highest BCUT2D eigenvalue weighted by atomic mass is 16.5. The van der Waals surface area contributed by atoms with Gasteiger partial charge in [0.1, 0.15) is 5.75 Å². The molecule has 1 saturated heterocycles. The summed E-state index contributed by atoms with van der Waals surface area (Å²) in [5.74, 6) is 0.960. The van der Waals surface area contributed by atoms with Gasteiger partial charge in [0.2, 0.25) is 0 Å². The predicted octanol–water partition coefficient (Wildman–Crippen LogP) is 2.92. The summed E-state index contributed by atoms with van der Waals surface area (Å²) in [6, 6.07) is 6.17. The van der Waals surface area contributed by atoms with E-state index in [1.54, 1.807) is 7.11 Å². The van der Waals surface area contributed by atoms with Crippen LogP contribution in [-0.2, 0) is 4.74 Å². The molecular formula is C17H28N2O2. The lowest BCUT2D eigenvalue weighted by molar-refractivity contribution is 0.0498. The van der Waals surface area contributed by atoms with Gasteiger partial charge in [-0.05, 0) is 31.9 Å². The Hall–Kier alpha value is -1.26. The van der Waals surface area contributed by atoms with Crippen LogP contribution in [0.1, 0.15) is 38.8 Å². The third-order valence-electron chi connectivity index (χ3n) is 4.55. The first kappa shape index (κ1) is 16.1. The maximum absolute atomic E-state index is 10.3. The number of phenolic OH excluding ortho intramolecular Hbond substituents is 1. The molecule has 118 valence electrons. The SMILES string of the molecule is CCNC(C)c1ccc(N2CCC(C)C(OC)C2)cc1O. The Labute approximate surface area is 128 Å². The Bertz CT molecular complexity index is 464. The monoisotopic (exact) mass is 292 g/mol. The summed E-state index contributed by atoms with van der Waals surface area (Å²) in [6.45, 7) is 9.18. The second kappa shape index (κ2) is 7.14. The minimum atomic E-state index is 0.164. The van der Waals surface area contributed by atoms with Crippen LogP contribution in [-0.4, -0.2) is 38.0 Å². The van der Waals surface area contributed by atoms with E-state index in [4.69, 9.17) is 4.74 Å². The minimum absolute atomic E-state index is 0.164. The fourth-order valence-electron chi connectivity index (χ4n) is 3.09. The number of hydrogen-bond donors (Lipinski definition) is 2. The van der Waals surface area contributed by atoms with E-state index in [1.807, 2.05) is 12.1 Å². The molecule has 1 fully saturated rings. The molecule has 4 nitrogen and oxygen atoms in total. The number of benzene rings is 1. The topological polar surface area (TPSA) is 44.7 Å². The molecule has 21 heavy (non-hydrogen) atoms. The van der Waals surface area contributed by atoms with E-state index in [-0.39, 0.29) is 12.1 Å². The molecule has 3 atom stereocenters. The lowest BCUT2D eigenvalue weighted by atomic mass is 9.95. The quantitative estimate of drug-likeness (QED) is 0.876. The third-order valence-corrected chi connectivity index (χ3v) is 4.55. The number of nitrogens with one attached hydrogen (secondary N) is 1. The predicted molar refractivity (Wildman–Crippen MR) is 87.0 cm³/mol. The van der Waals surface area contributed by atoms with Crippen molar-refractivity contribution in [1.29, 1.82) is 0 Å². The average molecular weight is 292 g/mol. The van der Waals surface area contributed by atoms with Crippen LogP contribution in [0.2, 0.25) is 0 Å². The summed E-state index contributed by atoms with van der Waals surface area (Å²) < 4.78 is 5.57. The first-order valence-electron chi connectivity index (χ1n) is 7.90. The van der Waals surface area contributed by atoms with Crippen LogP contribution in [0.15, 0.2) is 18.2 Å². The van der Waals surface area contributed by atoms with Gasteiger partial charge in [-0.3, -0.25) is 0 Å². The second-order valence-electron chi connectivity index (χ2n) is 6.01. The lowest BCUT2D eigenvalue weighted by Crippen LogP contribution is -2.43. The van der Waals surface area contributed by atoms with Crippen LogP contribution in [0, 0.1) is 5.92 Å². The highest BCUT2D eigenvalue weighted by molar-refractivity contribution is 5.54. The third kappa shape index (κ3) is 3.69. The fraction of sp³-hybridized carbons (Fsp3) is 0.647. The number of rotatable bonds is 5. The van der Waals surface area contributed by atoms with Crippen molar-refractivity contribution < 1.29 is 9.84 Å². The Morgan fingerprint density at radius 1 is 1.48 bits per heavy atom. The molecule has 1 aromatic rings. The number of ether oxygens (including phenoxy) is 1. The first-order valence-corrected chi connectivity index (χ1v) is 7.90. The van der Waals surface area contributed by atoms with Crippen LogP contribution < -0.4 is 10.2 Å². The van der Waals surface area contributed by atoms with Gasteiger partial charge in [0.15, 0.2) is 0 Å². The van der Waals surface area contributed by atoms with E-state index in [0.29, 0.717) is 11.7 Å². The number of phenols is 1. The Kier molecular flexibility index (Phi) is 5.48. The Morgan fingerprint density at radius 3 is 2.86 bits per heavy atom. The van der Waals surface area contributed by atoms with E-state index < -0.39 is 0 Å². The number of hydrogen-bond acceptors (Lipinski definition) is 4. The molecule has 2 N–H and O–H groups in total. The molecule has 0 aliphatic carbocycles. The van der Waals surface area contributed by atoms with Crippen LogP contribution >= 0.6 is 0 Å². The average Bonchev–Trinajstić information content (AvgIpc) is 2.47. The van der Waals surface area contributed by atoms with Crippen molar-refractivity contribution in [3.8, 4) is 5.75 Å². The van der Waals surface area contributed by atoms with Gasteiger partial charge in [0.05, 0.1) is 6.10 Å². The summed E-state index contributed by atoms with van der Waals surface area (Å²) in [6.07, 6.45) is 1.38. The van der Waals surface area contributed by atoms with Crippen LogP contribution in [0.4, 0.5) is 5.69 Å². The molecule has 0 spiro atoms. The summed E-state index contributed by atoms with van der Waals surface area (Å²) in [7, 11) is 1.78. The first-order chi connectivity index (χ1) is 10.1. The highest BCUT2D eigenvalue weighted by Gasteiger charge is 2.26. The number of methoxy groups -OCH3 is 1. The van der Waals surface area contributed by atoms with Gasteiger partial charge in [-0.25, -0.2) is 0 Å². The summed E-state index contributed by atoms with van der Waals surface area (Å²) in [4.78, 5) is 2.30. The van der Waals surface area contributed by atoms with Crippen LogP contribution in [0.3, 0.4) is 0 Å². The zero-order chi connectivity index (χ0) is 15.4. The molecule has 0 amide bonds. The molecule has 4 heteroatoms. The van der Waals surface area contributed by atoms with Crippen molar-refractivity contribution in [2.75, 3.05) is 31.6 Å². The van der Waals surface area contributed by atoms with E-state index in [0.717, 1.165) is 37.3 Å². The normalized spacial score (nSPS) is 24.1. The summed E-state index contributed by atoms with van der Waals surface area (Å²) >= 11 is 0. The van der Waals surface area contributed by atoms with Crippen molar-refractivity contribution >= 4 is 5.69 Å². The van der Waals surface area contributed by atoms with Crippen molar-refractivity contribution in [3.63, 3.8) is 0 Å². The standard InChI is InChI=1S/C17H28N2O2/c1-5-18-13(3)15-7-6-14(10-16(15)20)19-9-8-12(2)17(11-19)21-4/h6-7,10,12-13,17-18,20H,5,8-9,11H2,1-4H3. The van der Waals surface area contributed by atoms with Crippen LogP contribution in [0.25, 0.3) is 0 Å². The van der Waals surface area contributed by atoms with Gasteiger partial charge in [0.25, 0.3) is 0 Å². The van der Waals surface area contributed by atoms with Gasteiger partial charge in [0, 0.05) is 43.6 Å². The van der Waals surface area contributed by atoms with Gasteiger partial charge in [-0.1, -0.05) is 19.9 Å². The maximum Gasteiger partial charge on any atom is 0.122 e. The smallest absolute Gasteiger partial charge is 0.122 e. The Balaban J connectivity index is 2.13. The van der Waals surface area contributed by atoms with E-state index in [1.165, 1.54) is 0 Å². The molecule has 0 saturated carbocycles. The molecule has 0 bridgehead atoms. The molecular weight excluding hydrogens is 264 g/mol. The molecule has 1 aromatic carbocycles. The van der Waals surface area contributed by atoms with Gasteiger partial charge in [-0.15, -0.1) is 0 Å². The van der Waals surface area contributed by atoms with E-state index in [2.05, 4.69) is 37.1 Å². The van der Waals surface area contributed by atoms with E-state index >= 15 is 0 Å². The number of nitrogens with zero attached hydrogens (tertiary/aromatic N) is 1. The van der Waals surface area contributed by atoms with Crippen molar-refractivity contribution in [1.82, 2.24) is 5.32 Å². The lowest BCUT2D eigenvalue weighted by Gasteiger charge is -2.37. The molecule has 2 rings (SSSR count). The molecule has 1 aliphatic heterocycles. The van der Waals surface area contributed by atoms with Crippen LogP contribution in [0.5, 0.6) is 5.75 Å². The fourth-order valence-corrected chi connectivity index (χ4v) is 3.09. The zero-order valence-electron chi connectivity index (χ0n) is 13.6. The van der Waals surface area contributed by atoms with Crippen molar-refractivity contribution in [2.24, 2.45) is 5.92 Å². The minimum Gasteiger partial charge on any atom is -0.508 e. The maximum atomic E-state index is 10.3. The molecule has 1 heterocycles. The largest absolute Gasteiger partial charge is 0.508 e. The zero-order valence-corrected chi connectivity index (χ0v) is 13.6. The van der Waals surface area contributed by atoms with Crippen molar-refractivity contribution in [2.45, 2.75) is 39.3 Å². The van der Waals surface area contributed by atoms with E-state index in [9.17, 15) is 5.11 Å². The second-order valence-corrected chi connectivity index (χ2v) is 6.01. The number of aromatic hydroxyl groups is 1. The summed E-state index contributed by atoms with van der Waals surface area (Å²) in [5, 5.41) is 13.6. The molecule has 3 unspecified atom stereocenters. The van der Waals surface area contributed by atoms with Crippen molar-refractivity contribution in [3.05, 3.63) is 23.8 Å².